The first-order chi connectivity index (χ1) is 18.1. The zero-order valence-corrected chi connectivity index (χ0v) is 23.1. The van der Waals surface area contributed by atoms with E-state index < -0.39 is 38.6 Å². The second-order valence-corrected chi connectivity index (χ2v) is 14.5. The summed E-state index contributed by atoms with van der Waals surface area (Å²) in [4.78, 5) is 36.3. The quantitative estimate of drug-likeness (QED) is 0.266. The molecule has 0 spiro atoms. The van der Waals surface area contributed by atoms with Crippen LogP contribution < -0.4 is 15.7 Å². The lowest BCUT2D eigenvalue weighted by Gasteiger charge is -2.43. The monoisotopic (exact) mass is 533 g/mol. The van der Waals surface area contributed by atoms with Crippen LogP contribution in [0.3, 0.4) is 0 Å². The highest BCUT2D eigenvalue weighted by atomic mass is 28.4. The van der Waals surface area contributed by atoms with Crippen molar-refractivity contribution >= 4 is 36.5 Å². The minimum Gasteiger partial charge on any atom is -0.481 e. The molecule has 0 fully saturated rings. The predicted octanol–water partition coefficient (Wildman–Crippen LogP) is 4.29. The van der Waals surface area contributed by atoms with Gasteiger partial charge in [0.1, 0.15) is 18.8 Å². The van der Waals surface area contributed by atoms with Crippen molar-refractivity contribution in [3.63, 3.8) is 0 Å². The molecule has 3 rings (SSSR count). The largest absolute Gasteiger partial charge is 0.481 e. The number of amides is 1. The van der Waals surface area contributed by atoms with Gasteiger partial charge in [-0.3, -0.25) is 9.59 Å². The number of ketones is 1. The van der Waals surface area contributed by atoms with Gasteiger partial charge in [0.25, 0.3) is 8.32 Å². The number of carbonyl (C=O) groups excluding carboxylic acids is 2. The average Bonchev–Trinajstić information content (AvgIpc) is 2.88. The molecule has 0 radical (unpaired) electrons. The van der Waals surface area contributed by atoms with Gasteiger partial charge < -0.3 is 19.6 Å². The highest BCUT2D eigenvalue weighted by Gasteiger charge is 2.50. The molecule has 7 nitrogen and oxygen atoms in total. The number of carboxylic acid groups (broad SMARTS) is 1. The van der Waals surface area contributed by atoms with E-state index in [0.29, 0.717) is 0 Å². The molecular formula is C30H35NO6Si. The van der Waals surface area contributed by atoms with E-state index in [1.54, 1.807) is 0 Å². The van der Waals surface area contributed by atoms with Gasteiger partial charge in [-0.1, -0.05) is 112 Å². The third-order valence-corrected chi connectivity index (χ3v) is 11.3. The molecule has 1 atom stereocenters. The van der Waals surface area contributed by atoms with Crippen molar-refractivity contribution in [2.45, 2.75) is 51.3 Å². The van der Waals surface area contributed by atoms with Crippen molar-refractivity contribution in [1.82, 2.24) is 5.32 Å². The standard InChI is InChI=1S/C30H35NO6Si/c1-30(2,3)38(26-15-9-5-10-16-26,27-17-11-6-12-18-27)37-22-24(19-25(32)20-28(33)34)31-29(35)36-21-23-13-7-4-8-14-23/h4-18,24H,19-22H2,1-3H3,(H,31,35)(H,33,34)/t24-/m0/s1. The molecule has 0 bridgehead atoms. The molecule has 0 heterocycles. The van der Waals surface area contributed by atoms with Crippen molar-refractivity contribution < 1.29 is 28.7 Å². The lowest BCUT2D eigenvalue weighted by molar-refractivity contribution is -0.140. The summed E-state index contributed by atoms with van der Waals surface area (Å²) in [5, 5.41) is 13.6. The molecule has 0 saturated carbocycles. The normalized spacial score (nSPS) is 12.4. The van der Waals surface area contributed by atoms with E-state index in [2.05, 4.69) is 50.4 Å². The first kappa shape index (κ1) is 28.8. The van der Waals surface area contributed by atoms with Crippen LogP contribution in [0.2, 0.25) is 5.04 Å². The number of alkyl carbamates (subject to hydrolysis) is 1. The Bertz CT molecular complexity index is 1160. The number of ether oxygens (including phenoxy) is 1. The SMILES string of the molecule is CC(C)(C)[Si](OC[C@H](CC(=O)CC(=O)O)NC(=O)OCc1ccccc1)(c1ccccc1)c1ccccc1. The summed E-state index contributed by atoms with van der Waals surface area (Å²) in [6.45, 7) is 6.47. The van der Waals surface area contributed by atoms with Crippen molar-refractivity contribution in [1.29, 1.82) is 0 Å². The van der Waals surface area contributed by atoms with E-state index in [9.17, 15) is 14.4 Å². The van der Waals surface area contributed by atoms with Crippen LogP contribution in [0.4, 0.5) is 4.79 Å². The Morgan fingerprint density at radius 2 is 1.34 bits per heavy atom. The summed E-state index contributed by atoms with van der Waals surface area (Å²) in [7, 11) is -2.94. The minimum absolute atomic E-state index is 0.0130. The summed E-state index contributed by atoms with van der Waals surface area (Å²) in [5.74, 6) is -1.72. The minimum atomic E-state index is -2.94. The van der Waals surface area contributed by atoms with Crippen molar-refractivity contribution in [2.75, 3.05) is 6.61 Å². The molecule has 200 valence electrons. The first-order valence-corrected chi connectivity index (χ1v) is 14.5. The fourth-order valence-corrected chi connectivity index (χ4v) is 9.19. The van der Waals surface area contributed by atoms with Gasteiger partial charge >= 0.3 is 12.1 Å². The van der Waals surface area contributed by atoms with Gasteiger partial charge in [0.05, 0.1) is 12.6 Å². The van der Waals surface area contributed by atoms with Crippen LogP contribution in [0.25, 0.3) is 0 Å². The van der Waals surface area contributed by atoms with Gasteiger partial charge in [0.15, 0.2) is 0 Å². The molecule has 38 heavy (non-hydrogen) atoms. The van der Waals surface area contributed by atoms with Gasteiger partial charge in [-0.05, 0) is 21.0 Å². The number of nitrogens with one attached hydrogen (secondary N) is 1. The van der Waals surface area contributed by atoms with Crippen LogP contribution in [0.1, 0.15) is 39.2 Å². The number of carboxylic acids is 1. The Morgan fingerprint density at radius 1 is 0.842 bits per heavy atom. The third kappa shape index (κ3) is 7.63. The van der Waals surface area contributed by atoms with Gasteiger partial charge in [-0.2, -0.15) is 0 Å². The Kier molecular flexibility index (Phi) is 9.98. The number of benzene rings is 3. The Labute approximate surface area is 224 Å². The van der Waals surface area contributed by atoms with Crippen LogP contribution in [-0.4, -0.2) is 43.9 Å². The second-order valence-electron chi connectivity index (χ2n) is 10.2. The molecule has 3 aromatic rings. The topological polar surface area (TPSA) is 102 Å². The summed E-state index contributed by atoms with van der Waals surface area (Å²) < 4.78 is 12.2. The van der Waals surface area contributed by atoms with E-state index in [-0.39, 0.29) is 24.7 Å². The number of carbonyl (C=O) groups is 3. The number of hydrogen-bond acceptors (Lipinski definition) is 5. The predicted molar refractivity (Wildman–Crippen MR) is 149 cm³/mol. The van der Waals surface area contributed by atoms with Crippen molar-refractivity contribution in [3.8, 4) is 0 Å². The maximum absolute atomic E-state index is 12.7. The molecule has 0 aliphatic carbocycles. The van der Waals surface area contributed by atoms with Crippen LogP contribution >= 0.6 is 0 Å². The highest BCUT2D eigenvalue weighted by molar-refractivity contribution is 6.99. The average molecular weight is 534 g/mol. The lowest BCUT2D eigenvalue weighted by Crippen LogP contribution is -2.67. The molecule has 1 amide bonds. The van der Waals surface area contributed by atoms with E-state index in [1.807, 2.05) is 66.7 Å². The van der Waals surface area contributed by atoms with Crippen LogP contribution in [0.15, 0.2) is 91.0 Å². The molecule has 0 aliphatic heterocycles. The Balaban J connectivity index is 1.88. The van der Waals surface area contributed by atoms with Gasteiger partial charge in [0, 0.05) is 6.42 Å². The summed E-state index contributed by atoms with van der Waals surface area (Å²) in [6.07, 6.45) is -1.52. The number of hydrogen-bond donors (Lipinski definition) is 2. The summed E-state index contributed by atoms with van der Waals surface area (Å²) in [5.41, 5.74) is 0.824. The molecule has 8 heteroatoms. The van der Waals surface area contributed by atoms with Gasteiger partial charge in [0.2, 0.25) is 0 Å². The molecule has 3 aromatic carbocycles. The molecule has 0 aliphatic rings. The first-order valence-electron chi connectivity index (χ1n) is 12.6. The van der Waals surface area contributed by atoms with Crippen molar-refractivity contribution in [2.24, 2.45) is 0 Å². The van der Waals surface area contributed by atoms with Gasteiger partial charge in [-0.15, -0.1) is 0 Å². The number of aliphatic carboxylic acids is 1. The van der Waals surface area contributed by atoms with Crippen LogP contribution in [-0.2, 0) is 25.4 Å². The Morgan fingerprint density at radius 3 is 1.82 bits per heavy atom. The van der Waals surface area contributed by atoms with Crippen LogP contribution in [0, 0.1) is 0 Å². The van der Waals surface area contributed by atoms with E-state index in [0.717, 1.165) is 15.9 Å². The lowest BCUT2D eigenvalue weighted by atomic mass is 10.1. The maximum atomic E-state index is 12.7. The third-order valence-electron chi connectivity index (χ3n) is 6.28. The van der Waals surface area contributed by atoms with Crippen molar-refractivity contribution in [3.05, 3.63) is 96.6 Å². The number of rotatable bonds is 12. The van der Waals surface area contributed by atoms with E-state index in [4.69, 9.17) is 14.3 Å². The zero-order chi connectivity index (χ0) is 27.6. The zero-order valence-electron chi connectivity index (χ0n) is 22.1. The fraction of sp³-hybridized carbons (Fsp3) is 0.300. The molecular weight excluding hydrogens is 498 g/mol. The summed E-state index contributed by atoms with van der Waals surface area (Å²) in [6, 6.07) is 28.5. The number of Topliss-reactive ketones (excluding diaryl/α,β-unsaturated/α-hetero) is 1. The molecule has 0 saturated heterocycles. The van der Waals surface area contributed by atoms with Crippen LogP contribution in [0.5, 0.6) is 0 Å². The smallest absolute Gasteiger partial charge is 0.407 e. The second kappa shape index (κ2) is 13.2. The maximum Gasteiger partial charge on any atom is 0.407 e. The van der Waals surface area contributed by atoms with E-state index in [1.165, 1.54) is 0 Å². The fourth-order valence-electron chi connectivity index (χ4n) is 4.59. The molecule has 2 N–H and O–H groups in total. The van der Waals surface area contributed by atoms with Gasteiger partial charge in [-0.25, -0.2) is 4.79 Å². The van der Waals surface area contributed by atoms with E-state index >= 15 is 0 Å². The molecule has 0 aromatic heterocycles. The Hall–Kier alpha value is -3.75. The highest BCUT2D eigenvalue weighted by Crippen LogP contribution is 2.36. The summed E-state index contributed by atoms with van der Waals surface area (Å²) >= 11 is 0. The molecule has 0 unspecified atom stereocenters.